The molecule has 1 aromatic rings. The molecule has 7 heteroatoms. The predicted octanol–water partition coefficient (Wildman–Crippen LogP) is 4.39. The minimum Gasteiger partial charge on any atom is -0.360 e. The number of likely N-dealkylation sites (N-methyl/N-ethyl adjacent to an activating group) is 1. The maximum Gasteiger partial charge on any atom is 0.324 e. The number of piperazine rings is 1. The molecule has 0 bridgehead atoms. The van der Waals surface area contributed by atoms with Crippen molar-refractivity contribution in [2.24, 2.45) is 0 Å². The molecule has 0 unspecified atom stereocenters. The van der Waals surface area contributed by atoms with Crippen LogP contribution in [0.2, 0.25) is 0 Å². The molecule has 3 aliphatic rings. The Morgan fingerprint density at radius 2 is 1.57 bits per heavy atom. The van der Waals surface area contributed by atoms with Crippen molar-refractivity contribution in [1.29, 1.82) is 0 Å². The molecule has 2 aliphatic carbocycles. The highest BCUT2D eigenvalue weighted by atomic mass is 32.1. The molecule has 2 saturated carbocycles. The van der Waals surface area contributed by atoms with Gasteiger partial charge in [-0.3, -0.25) is 5.32 Å². The van der Waals surface area contributed by atoms with Gasteiger partial charge in [-0.1, -0.05) is 49.9 Å². The molecular weight excluding hydrogens is 370 g/mol. The van der Waals surface area contributed by atoms with Crippen LogP contribution >= 0.6 is 11.3 Å². The summed E-state index contributed by atoms with van der Waals surface area (Å²) < 4.78 is 0. The number of carbonyl (C=O) groups excluding carboxylic acids is 1. The number of hydrogen-bond acceptors (Lipinski definition) is 5. The van der Waals surface area contributed by atoms with Crippen LogP contribution in [0.3, 0.4) is 0 Å². The van der Waals surface area contributed by atoms with Gasteiger partial charge in [0.1, 0.15) is 5.00 Å². The Morgan fingerprint density at radius 1 is 1.00 bits per heavy atom. The van der Waals surface area contributed by atoms with Crippen molar-refractivity contribution in [3.63, 3.8) is 0 Å². The van der Waals surface area contributed by atoms with Gasteiger partial charge in [-0.05, 0) is 32.7 Å². The van der Waals surface area contributed by atoms with E-state index in [9.17, 15) is 4.79 Å². The molecule has 0 radical (unpaired) electrons. The van der Waals surface area contributed by atoms with Crippen LogP contribution in [-0.2, 0) is 0 Å². The smallest absolute Gasteiger partial charge is 0.324 e. The predicted molar refractivity (Wildman–Crippen MR) is 116 cm³/mol. The van der Waals surface area contributed by atoms with Gasteiger partial charge in [0.25, 0.3) is 0 Å². The van der Waals surface area contributed by atoms with E-state index in [1.807, 2.05) is 6.20 Å². The number of nitrogens with zero attached hydrogens (tertiary/aromatic N) is 4. The molecule has 6 nitrogen and oxygen atoms in total. The van der Waals surface area contributed by atoms with Crippen LogP contribution in [0.5, 0.6) is 0 Å². The average molecular weight is 406 g/mol. The first-order valence-electron chi connectivity index (χ1n) is 11.2. The summed E-state index contributed by atoms with van der Waals surface area (Å²) in [7, 11) is 2.17. The molecule has 0 aromatic carbocycles. The zero-order valence-electron chi connectivity index (χ0n) is 17.2. The minimum atomic E-state index is 0.0816. The van der Waals surface area contributed by atoms with Crippen molar-refractivity contribution in [1.82, 2.24) is 14.8 Å². The molecule has 0 atom stereocenters. The summed E-state index contributed by atoms with van der Waals surface area (Å²) in [6, 6.07) is 0.904. The van der Waals surface area contributed by atoms with Gasteiger partial charge in [-0.25, -0.2) is 9.78 Å². The van der Waals surface area contributed by atoms with E-state index in [0.29, 0.717) is 12.1 Å². The molecule has 28 heavy (non-hydrogen) atoms. The van der Waals surface area contributed by atoms with Gasteiger partial charge >= 0.3 is 6.03 Å². The van der Waals surface area contributed by atoms with E-state index in [1.54, 1.807) is 11.3 Å². The van der Waals surface area contributed by atoms with Crippen LogP contribution in [-0.4, -0.2) is 66.1 Å². The fourth-order valence-electron chi connectivity index (χ4n) is 5.00. The van der Waals surface area contributed by atoms with Crippen molar-refractivity contribution < 1.29 is 4.79 Å². The molecule has 2 amide bonds. The highest BCUT2D eigenvalue weighted by Gasteiger charge is 2.33. The summed E-state index contributed by atoms with van der Waals surface area (Å²) in [5.74, 6) is 0. The second-order valence-corrected chi connectivity index (χ2v) is 9.72. The third kappa shape index (κ3) is 4.79. The van der Waals surface area contributed by atoms with E-state index in [0.717, 1.165) is 57.0 Å². The molecule has 0 spiro atoms. The standard InChI is InChI=1S/C21H35N5OS/c1-24-12-14-25(15-13-24)19-16-22-20(28-19)23-21(27)26(17-8-4-2-5-9-17)18-10-6-3-7-11-18/h16-18H,2-15H2,1H3,(H,22,23,27). The maximum atomic E-state index is 13.3. The number of aromatic nitrogens is 1. The Balaban J connectivity index is 1.42. The number of rotatable bonds is 4. The molecule has 4 rings (SSSR count). The van der Waals surface area contributed by atoms with Gasteiger partial charge in [-0.15, -0.1) is 0 Å². The average Bonchev–Trinajstić information content (AvgIpc) is 3.19. The van der Waals surface area contributed by atoms with Gasteiger partial charge in [0.05, 0.1) is 6.20 Å². The number of carbonyl (C=O) groups is 1. The number of anilines is 2. The zero-order valence-corrected chi connectivity index (χ0v) is 18.1. The first-order chi connectivity index (χ1) is 13.7. The van der Waals surface area contributed by atoms with Crippen LogP contribution in [0.25, 0.3) is 0 Å². The highest BCUT2D eigenvalue weighted by Crippen LogP contribution is 2.32. The molecule has 156 valence electrons. The third-order valence-electron chi connectivity index (χ3n) is 6.69. The highest BCUT2D eigenvalue weighted by molar-refractivity contribution is 7.19. The normalized spacial score (nSPS) is 23.0. The van der Waals surface area contributed by atoms with E-state index in [4.69, 9.17) is 0 Å². The summed E-state index contributed by atoms with van der Waals surface area (Å²) in [6.45, 7) is 4.22. The van der Waals surface area contributed by atoms with E-state index < -0.39 is 0 Å². The lowest BCUT2D eigenvalue weighted by Gasteiger charge is -2.41. The SMILES string of the molecule is CN1CCN(c2cnc(NC(=O)N(C3CCCCC3)C3CCCCC3)s2)CC1. The Hall–Kier alpha value is -1.34. The summed E-state index contributed by atoms with van der Waals surface area (Å²) in [5, 5.41) is 5.08. The minimum absolute atomic E-state index is 0.0816. The number of thiazole rings is 1. The second kappa shape index (κ2) is 9.44. The Kier molecular flexibility index (Phi) is 6.73. The van der Waals surface area contributed by atoms with Gasteiger partial charge < -0.3 is 14.7 Å². The summed E-state index contributed by atoms with van der Waals surface area (Å²) in [6.07, 6.45) is 14.2. The van der Waals surface area contributed by atoms with Crippen molar-refractivity contribution in [3.8, 4) is 0 Å². The van der Waals surface area contributed by atoms with E-state index in [-0.39, 0.29) is 6.03 Å². The van der Waals surface area contributed by atoms with Crippen LogP contribution < -0.4 is 10.2 Å². The molecule has 1 aliphatic heterocycles. The number of hydrogen-bond donors (Lipinski definition) is 1. The molecule has 2 heterocycles. The third-order valence-corrected chi connectivity index (χ3v) is 7.67. The molecule has 3 fully saturated rings. The second-order valence-electron chi connectivity index (χ2n) is 8.72. The fraction of sp³-hybridized carbons (Fsp3) is 0.810. The summed E-state index contributed by atoms with van der Waals surface area (Å²) in [4.78, 5) is 24.8. The van der Waals surface area contributed by atoms with E-state index in [1.165, 1.54) is 43.5 Å². The van der Waals surface area contributed by atoms with Crippen LogP contribution in [0.1, 0.15) is 64.2 Å². The van der Waals surface area contributed by atoms with E-state index >= 15 is 0 Å². The number of amides is 2. The first kappa shape index (κ1) is 20.0. The van der Waals surface area contributed by atoms with Crippen molar-refractivity contribution in [2.45, 2.75) is 76.3 Å². The Labute approximate surface area is 173 Å². The molecule has 1 aromatic heterocycles. The van der Waals surface area contributed by atoms with Gasteiger partial charge in [0.15, 0.2) is 5.13 Å². The van der Waals surface area contributed by atoms with Crippen LogP contribution in [0.15, 0.2) is 6.20 Å². The van der Waals surface area contributed by atoms with Gasteiger partial charge in [-0.2, -0.15) is 0 Å². The first-order valence-corrected chi connectivity index (χ1v) is 12.0. The Bertz CT molecular complexity index is 612. The molecule has 1 saturated heterocycles. The topological polar surface area (TPSA) is 51.7 Å². The van der Waals surface area contributed by atoms with E-state index in [2.05, 4.69) is 32.0 Å². The maximum absolute atomic E-state index is 13.3. The lowest BCUT2D eigenvalue weighted by atomic mass is 9.89. The van der Waals surface area contributed by atoms with Crippen LogP contribution in [0.4, 0.5) is 14.9 Å². The van der Waals surface area contributed by atoms with Crippen molar-refractivity contribution in [2.75, 3.05) is 43.4 Å². The van der Waals surface area contributed by atoms with Gasteiger partial charge in [0.2, 0.25) is 0 Å². The van der Waals surface area contributed by atoms with Crippen molar-refractivity contribution in [3.05, 3.63) is 6.20 Å². The van der Waals surface area contributed by atoms with Crippen molar-refractivity contribution >= 4 is 27.5 Å². The monoisotopic (exact) mass is 405 g/mol. The molecular formula is C21H35N5OS. The number of nitrogens with one attached hydrogen (secondary N) is 1. The molecule has 1 N–H and O–H groups in total. The van der Waals surface area contributed by atoms with Gasteiger partial charge in [0, 0.05) is 38.3 Å². The summed E-state index contributed by atoms with van der Waals surface area (Å²) in [5.41, 5.74) is 0. The quantitative estimate of drug-likeness (QED) is 0.807. The zero-order chi connectivity index (χ0) is 19.3. The lowest BCUT2D eigenvalue weighted by molar-refractivity contribution is 0.114. The lowest BCUT2D eigenvalue weighted by Crippen LogP contribution is -2.50. The van der Waals surface area contributed by atoms with Crippen LogP contribution in [0, 0.1) is 0 Å². The Morgan fingerprint density at radius 3 is 2.14 bits per heavy atom. The number of urea groups is 1. The largest absolute Gasteiger partial charge is 0.360 e. The summed E-state index contributed by atoms with van der Waals surface area (Å²) >= 11 is 1.62. The fourth-order valence-corrected chi connectivity index (χ4v) is 5.86.